The maximum atomic E-state index is 9.62. The Morgan fingerprint density at radius 2 is 2.00 bits per heavy atom. The molecule has 1 aromatic carbocycles. The Bertz CT molecular complexity index is 413. The van der Waals surface area contributed by atoms with Gasteiger partial charge in [-0.15, -0.1) is 0 Å². The van der Waals surface area contributed by atoms with Crippen LogP contribution in [0.2, 0.25) is 0 Å². The van der Waals surface area contributed by atoms with Gasteiger partial charge in [0, 0.05) is 23.7 Å². The second kappa shape index (κ2) is 7.50. The molecule has 2 N–H and O–H groups in total. The molecule has 0 bridgehead atoms. The van der Waals surface area contributed by atoms with Gasteiger partial charge in [-0.05, 0) is 33.3 Å². The van der Waals surface area contributed by atoms with Gasteiger partial charge in [-0.1, -0.05) is 13.0 Å². The Morgan fingerprint density at radius 3 is 2.55 bits per heavy atom. The minimum absolute atomic E-state index is 0.0418. The molecule has 0 heterocycles. The summed E-state index contributed by atoms with van der Waals surface area (Å²) in [5.74, 6) is 1.51. The average molecular weight is 281 g/mol. The molecule has 114 valence electrons. The first-order chi connectivity index (χ1) is 9.35. The van der Waals surface area contributed by atoms with Gasteiger partial charge in [0.15, 0.2) is 0 Å². The molecule has 1 aromatic rings. The van der Waals surface area contributed by atoms with Crippen LogP contribution in [0.25, 0.3) is 0 Å². The first-order valence-corrected chi connectivity index (χ1v) is 7.08. The SMILES string of the molecule is CCC(O)COc1cc(OC)ccc1CNC(C)(C)C. The molecule has 0 spiro atoms. The number of methoxy groups -OCH3 is 1. The third kappa shape index (κ3) is 5.80. The standard InChI is InChI=1S/C16H27NO3/c1-6-13(18)11-20-15-9-14(19-5)8-7-12(15)10-17-16(2,3)4/h7-9,13,17-18H,6,10-11H2,1-5H3. The third-order valence-electron chi connectivity index (χ3n) is 2.99. The van der Waals surface area contributed by atoms with E-state index in [1.165, 1.54) is 0 Å². The molecule has 0 aliphatic rings. The van der Waals surface area contributed by atoms with E-state index in [9.17, 15) is 5.11 Å². The summed E-state index contributed by atoms with van der Waals surface area (Å²) >= 11 is 0. The monoisotopic (exact) mass is 281 g/mol. The van der Waals surface area contributed by atoms with Crippen molar-refractivity contribution in [2.45, 2.75) is 52.3 Å². The molecule has 0 radical (unpaired) electrons. The zero-order valence-electron chi connectivity index (χ0n) is 13.2. The van der Waals surface area contributed by atoms with Gasteiger partial charge in [-0.3, -0.25) is 0 Å². The molecule has 0 aliphatic carbocycles. The van der Waals surface area contributed by atoms with Crippen LogP contribution in [0.1, 0.15) is 39.7 Å². The predicted molar refractivity (Wildman–Crippen MR) is 81.4 cm³/mol. The van der Waals surface area contributed by atoms with Gasteiger partial charge in [-0.25, -0.2) is 0 Å². The largest absolute Gasteiger partial charge is 0.497 e. The van der Waals surface area contributed by atoms with E-state index in [0.717, 1.165) is 17.1 Å². The van der Waals surface area contributed by atoms with Gasteiger partial charge in [0.1, 0.15) is 18.1 Å². The summed E-state index contributed by atoms with van der Waals surface area (Å²) in [6.45, 7) is 9.31. The molecule has 4 heteroatoms. The van der Waals surface area contributed by atoms with E-state index in [2.05, 4.69) is 26.1 Å². The lowest BCUT2D eigenvalue weighted by atomic mass is 10.1. The molecule has 1 atom stereocenters. The molecule has 1 unspecified atom stereocenters. The fourth-order valence-corrected chi connectivity index (χ4v) is 1.61. The van der Waals surface area contributed by atoms with Crippen molar-refractivity contribution in [2.24, 2.45) is 0 Å². The lowest BCUT2D eigenvalue weighted by molar-refractivity contribution is 0.103. The molecule has 0 aromatic heterocycles. The average Bonchev–Trinajstić information content (AvgIpc) is 2.41. The number of hydrogen-bond donors (Lipinski definition) is 2. The minimum atomic E-state index is -0.440. The van der Waals surface area contributed by atoms with Crippen molar-refractivity contribution >= 4 is 0 Å². The van der Waals surface area contributed by atoms with Crippen molar-refractivity contribution < 1.29 is 14.6 Å². The van der Waals surface area contributed by atoms with Crippen LogP contribution in [-0.4, -0.2) is 30.5 Å². The lowest BCUT2D eigenvalue weighted by Crippen LogP contribution is -2.35. The fourth-order valence-electron chi connectivity index (χ4n) is 1.61. The molecule has 0 aliphatic heterocycles. The van der Waals surface area contributed by atoms with Gasteiger partial charge in [0.25, 0.3) is 0 Å². The summed E-state index contributed by atoms with van der Waals surface area (Å²) in [5.41, 5.74) is 1.10. The zero-order valence-corrected chi connectivity index (χ0v) is 13.2. The Hall–Kier alpha value is -1.26. The van der Waals surface area contributed by atoms with Gasteiger partial charge in [0.2, 0.25) is 0 Å². The molecule has 0 saturated carbocycles. The van der Waals surface area contributed by atoms with Gasteiger partial charge >= 0.3 is 0 Å². The topological polar surface area (TPSA) is 50.7 Å². The van der Waals surface area contributed by atoms with E-state index in [4.69, 9.17) is 9.47 Å². The van der Waals surface area contributed by atoms with Crippen molar-refractivity contribution in [3.05, 3.63) is 23.8 Å². The van der Waals surface area contributed by atoms with E-state index in [1.54, 1.807) is 7.11 Å². The summed E-state index contributed by atoms with van der Waals surface area (Å²) in [6.07, 6.45) is 0.240. The first kappa shape index (κ1) is 16.8. The second-order valence-corrected chi connectivity index (χ2v) is 5.95. The molecule has 4 nitrogen and oxygen atoms in total. The van der Waals surface area contributed by atoms with E-state index in [0.29, 0.717) is 19.6 Å². The number of ether oxygens (including phenoxy) is 2. The van der Waals surface area contributed by atoms with Crippen LogP contribution < -0.4 is 14.8 Å². The maximum Gasteiger partial charge on any atom is 0.127 e. The molecule has 0 fully saturated rings. The molecule has 1 rings (SSSR count). The van der Waals surface area contributed by atoms with Crippen molar-refractivity contribution in [3.8, 4) is 11.5 Å². The number of rotatable bonds is 7. The molecular formula is C16H27NO3. The Labute approximate surface area is 122 Å². The van der Waals surface area contributed by atoms with Crippen LogP contribution in [0.5, 0.6) is 11.5 Å². The summed E-state index contributed by atoms with van der Waals surface area (Å²) in [4.78, 5) is 0. The van der Waals surface area contributed by atoms with Gasteiger partial charge in [0.05, 0.1) is 13.2 Å². The Kier molecular flexibility index (Phi) is 6.30. The quantitative estimate of drug-likeness (QED) is 0.807. The summed E-state index contributed by atoms with van der Waals surface area (Å²) in [6, 6.07) is 5.77. The predicted octanol–water partition coefficient (Wildman–Crippen LogP) is 2.73. The van der Waals surface area contributed by atoms with Gasteiger partial charge < -0.3 is 19.9 Å². The summed E-state index contributed by atoms with van der Waals surface area (Å²) in [5, 5.41) is 13.1. The number of benzene rings is 1. The summed E-state index contributed by atoms with van der Waals surface area (Å²) in [7, 11) is 1.63. The number of hydrogen-bond acceptors (Lipinski definition) is 4. The zero-order chi connectivity index (χ0) is 15.2. The van der Waals surface area contributed by atoms with Crippen LogP contribution in [0.15, 0.2) is 18.2 Å². The number of nitrogens with one attached hydrogen (secondary N) is 1. The number of aliphatic hydroxyl groups is 1. The van der Waals surface area contributed by atoms with E-state index < -0.39 is 6.10 Å². The van der Waals surface area contributed by atoms with Crippen molar-refractivity contribution in [3.63, 3.8) is 0 Å². The third-order valence-corrected chi connectivity index (χ3v) is 2.99. The highest BCUT2D eigenvalue weighted by Crippen LogP contribution is 2.25. The maximum absolute atomic E-state index is 9.62. The van der Waals surface area contributed by atoms with Crippen molar-refractivity contribution in [2.75, 3.05) is 13.7 Å². The van der Waals surface area contributed by atoms with Crippen LogP contribution in [0, 0.1) is 0 Å². The van der Waals surface area contributed by atoms with Crippen LogP contribution in [-0.2, 0) is 6.54 Å². The van der Waals surface area contributed by atoms with Crippen molar-refractivity contribution in [1.82, 2.24) is 5.32 Å². The highest BCUT2D eigenvalue weighted by molar-refractivity contribution is 5.40. The van der Waals surface area contributed by atoms with Gasteiger partial charge in [-0.2, -0.15) is 0 Å². The summed E-state index contributed by atoms with van der Waals surface area (Å²) < 4.78 is 11.0. The number of aliphatic hydroxyl groups excluding tert-OH is 1. The fraction of sp³-hybridized carbons (Fsp3) is 0.625. The van der Waals surface area contributed by atoms with E-state index in [-0.39, 0.29) is 5.54 Å². The highest BCUT2D eigenvalue weighted by atomic mass is 16.5. The molecule has 0 amide bonds. The normalized spacial score (nSPS) is 13.1. The second-order valence-electron chi connectivity index (χ2n) is 5.95. The minimum Gasteiger partial charge on any atom is -0.497 e. The molecule has 0 saturated heterocycles. The molecule has 20 heavy (non-hydrogen) atoms. The smallest absolute Gasteiger partial charge is 0.127 e. The van der Waals surface area contributed by atoms with E-state index in [1.807, 2.05) is 25.1 Å². The lowest BCUT2D eigenvalue weighted by Gasteiger charge is -2.22. The molecular weight excluding hydrogens is 254 g/mol. The first-order valence-electron chi connectivity index (χ1n) is 7.08. The van der Waals surface area contributed by atoms with E-state index >= 15 is 0 Å². The Balaban J connectivity index is 2.80. The van der Waals surface area contributed by atoms with Crippen LogP contribution in [0.4, 0.5) is 0 Å². The highest BCUT2D eigenvalue weighted by Gasteiger charge is 2.12. The van der Waals surface area contributed by atoms with Crippen molar-refractivity contribution in [1.29, 1.82) is 0 Å². The van der Waals surface area contributed by atoms with Crippen LogP contribution in [0.3, 0.4) is 0 Å². The van der Waals surface area contributed by atoms with Crippen LogP contribution >= 0.6 is 0 Å². The Morgan fingerprint density at radius 1 is 1.30 bits per heavy atom.